The Bertz CT molecular complexity index is 757. The van der Waals surface area contributed by atoms with Gasteiger partial charge in [0.2, 0.25) is 0 Å². The first-order chi connectivity index (χ1) is 10.9. The van der Waals surface area contributed by atoms with Crippen LogP contribution in [0, 0.1) is 5.92 Å². The Morgan fingerprint density at radius 3 is 3.23 bits per heavy atom. The van der Waals surface area contributed by atoms with Gasteiger partial charge in [0, 0.05) is 48.7 Å². The molecule has 0 saturated heterocycles. The molecule has 0 amide bonds. The van der Waals surface area contributed by atoms with E-state index < -0.39 is 0 Å². The van der Waals surface area contributed by atoms with E-state index >= 15 is 0 Å². The van der Waals surface area contributed by atoms with Crippen molar-refractivity contribution in [3.63, 3.8) is 0 Å². The third-order valence-electron chi connectivity index (χ3n) is 4.40. The maximum Gasteiger partial charge on any atom is 0.124 e. The fourth-order valence-electron chi connectivity index (χ4n) is 3.19. The number of anilines is 1. The summed E-state index contributed by atoms with van der Waals surface area (Å²) in [5, 5.41) is 12.7. The monoisotopic (exact) mass is 295 g/mol. The van der Waals surface area contributed by atoms with E-state index in [1.165, 1.54) is 16.5 Å². The first kappa shape index (κ1) is 13.4. The van der Waals surface area contributed by atoms with Crippen molar-refractivity contribution in [2.45, 2.75) is 13.0 Å². The summed E-state index contributed by atoms with van der Waals surface area (Å²) in [6.07, 6.45) is 5.04. The van der Waals surface area contributed by atoms with Crippen LogP contribution in [0.25, 0.3) is 10.9 Å². The average molecular weight is 295 g/mol. The maximum absolute atomic E-state index is 4.33. The van der Waals surface area contributed by atoms with Crippen LogP contribution >= 0.6 is 0 Å². The number of nitrogens with zero attached hydrogens (tertiary/aromatic N) is 2. The second kappa shape index (κ2) is 5.85. The van der Waals surface area contributed by atoms with E-state index in [0.29, 0.717) is 5.92 Å². The Balaban J connectivity index is 1.28. The van der Waals surface area contributed by atoms with Crippen LogP contribution in [-0.4, -0.2) is 34.4 Å². The minimum absolute atomic E-state index is 0.593. The van der Waals surface area contributed by atoms with Crippen LogP contribution < -0.4 is 10.6 Å². The van der Waals surface area contributed by atoms with Gasteiger partial charge < -0.3 is 15.6 Å². The van der Waals surface area contributed by atoms with Gasteiger partial charge in [0.25, 0.3) is 0 Å². The second-order valence-electron chi connectivity index (χ2n) is 5.96. The average Bonchev–Trinajstić information content (AvgIpc) is 3.18. The highest BCUT2D eigenvalue weighted by molar-refractivity contribution is 5.83. The van der Waals surface area contributed by atoms with Crippen LogP contribution in [0.4, 0.5) is 5.82 Å². The predicted molar refractivity (Wildman–Crippen MR) is 89.1 cm³/mol. The van der Waals surface area contributed by atoms with E-state index in [4.69, 9.17) is 0 Å². The number of benzene rings is 1. The normalized spacial score (nSPS) is 17.4. The standard InChI is InChI=1S/C17H21N5/c1-2-4-16-15(3-1)14(11-19-16)5-7-18-9-13-10-20-17-6-8-21-22(17)12-13/h1-4,6,8,11,13,18-20H,5,7,9-10,12H2. The van der Waals surface area contributed by atoms with Crippen LogP contribution in [0.5, 0.6) is 0 Å². The van der Waals surface area contributed by atoms with Crippen molar-refractivity contribution in [3.05, 3.63) is 48.3 Å². The third kappa shape index (κ3) is 2.60. The van der Waals surface area contributed by atoms with Gasteiger partial charge in [-0.05, 0) is 24.6 Å². The Labute approximate surface area is 129 Å². The van der Waals surface area contributed by atoms with Crippen molar-refractivity contribution in [2.24, 2.45) is 5.92 Å². The number of rotatable bonds is 5. The van der Waals surface area contributed by atoms with Gasteiger partial charge in [-0.2, -0.15) is 5.10 Å². The predicted octanol–water partition coefficient (Wildman–Crippen LogP) is 2.24. The maximum atomic E-state index is 4.33. The third-order valence-corrected chi connectivity index (χ3v) is 4.40. The van der Waals surface area contributed by atoms with Gasteiger partial charge >= 0.3 is 0 Å². The molecule has 1 aliphatic heterocycles. The van der Waals surface area contributed by atoms with Crippen LogP contribution in [0.15, 0.2) is 42.7 Å². The van der Waals surface area contributed by atoms with Crippen molar-refractivity contribution < 1.29 is 0 Å². The van der Waals surface area contributed by atoms with Gasteiger partial charge in [0.1, 0.15) is 5.82 Å². The van der Waals surface area contributed by atoms with E-state index in [1.807, 2.05) is 12.3 Å². The van der Waals surface area contributed by atoms with Crippen molar-refractivity contribution in [1.82, 2.24) is 20.1 Å². The zero-order valence-electron chi connectivity index (χ0n) is 12.5. The lowest BCUT2D eigenvalue weighted by molar-refractivity contribution is 0.393. The number of hydrogen-bond donors (Lipinski definition) is 3. The molecule has 114 valence electrons. The van der Waals surface area contributed by atoms with E-state index in [-0.39, 0.29) is 0 Å². The molecule has 0 spiro atoms. The van der Waals surface area contributed by atoms with E-state index in [1.54, 1.807) is 0 Å². The van der Waals surface area contributed by atoms with Gasteiger partial charge in [0.15, 0.2) is 0 Å². The lowest BCUT2D eigenvalue weighted by atomic mass is 10.1. The largest absolute Gasteiger partial charge is 0.370 e. The minimum atomic E-state index is 0.593. The number of para-hydroxylation sites is 1. The molecule has 4 rings (SSSR count). The Morgan fingerprint density at radius 1 is 1.27 bits per heavy atom. The number of H-pyrrole nitrogens is 1. The molecule has 5 heteroatoms. The topological polar surface area (TPSA) is 57.7 Å². The van der Waals surface area contributed by atoms with Gasteiger partial charge in [-0.15, -0.1) is 0 Å². The molecule has 1 unspecified atom stereocenters. The fraction of sp³-hybridized carbons (Fsp3) is 0.353. The van der Waals surface area contributed by atoms with E-state index in [2.05, 4.69) is 55.9 Å². The van der Waals surface area contributed by atoms with Crippen molar-refractivity contribution >= 4 is 16.7 Å². The molecule has 3 aromatic rings. The highest BCUT2D eigenvalue weighted by Gasteiger charge is 2.17. The summed E-state index contributed by atoms with van der Waals surface area (Å²) in [5.74, 6) is 1.73. The Hall–Kier alpha value is -2.27. The van der Waals surface area contributed by atoms with E-state index in [9.17, 15) is 0 Å². The van der Waals surface area contributed by atoms with Crippen LogP contribution in [-0.2, 0) is 13.0 Å². The number of nitrogens with one attached hydrogen (secondary N) is 3. The van der Waals surface area contributed by atoms with Gasteiger partial charge in [-0.25, -0.2) is 4.68 Å². The summed E-state index contributed by atoms with van der Waals surface area (Å²) < 4.78 is 2.05. The molecule has 1 aromatic carbocycles. The molecule has 0 radical (unpaired) electrons. The summed E-state index contributed by atoms with van der Waals surface area (Å²) in [6, 6.07) is 10.5. The fourth-order valence-corrected chi connectivity index (χ4v) is 3.19. The zero-order valence-corrected chi connectivity index (χ0v) is 12.5. The summed E-state index contributed by atoms with van der Waals surface area (Å²) >= 11 is 0. The smallest absolute Gasteiger partial charge is 0.124 e. The van der Waals surface area contributed by atoms with Crippen molar-refractivity contribution in [3.8, 4) is 0 Å². The highest BCUT2D eigenvalue weighted by Crippen LogP contribution is 2.18. The Morgan fingerprint density at radius 2 is 2.23 bits per heavy atom. The molecule has 0 saturated carbocycles. The first-order valence-corrected chi connectivity index (χ1v) is 7.91. The minimum Gasteiger partial charge on any atom is -0.370 e. The van der Waals surface area contributed by atoms with Crippen molar-refractivity contribution in [1.29, 1.82) is 0 Å². The number of hydrogen-bond acceptors (Lipinski definition) is 3. The molecule has 0 bridgehead atoms. The van der Waals surface area contributed by atoms with Gasteiger partial charge in [0.05, 0.1) is 6.20 Å². The first-order valence-electron chi connectivity index (χ1n) is 7.91. The van der Waals surface area contributed by atoms with Crippen molar-refractivity contribution in [2.75, 3.05) is 25.0 Å². The van der Waals surface area contributed by atoms with Gasteiger partial charge in [-0.1, -0.05) is 18.2 Å². The quantitative estimate of drug-likeness (QED) is 0.633. The lowest BCUT2D eigenvalue weighted by Gasteiger charge is -2.25. The summed E-state index contributed by atoms with van der Waals surface area (Å²) in [6.45, 7) is 4.04. The Kier molecular flexibility index (Phi) is 3.56. The second-order valence-corrected chi connectivity index (χ2v) is 5.96. The number of aromatic nitrogens is 3. The molecular weight excluding hydrogens is 274 g/mol. The molecule has 1 aliphatic rings. The van der Waals surface area contributed by atoms with Crippen LogP contribution in [0.1, 0.15) is 5.56 Å². The molecule has 2 aromatic heterocycles. The van der Waals surface area contributed by atoms with Crippen LogP contribution in [0.2, 0.25) is 0 Å². The lowest BCUT2D eigenvalue weighted by Crippen LogP contribution is -2.35. The summed E-state index contributed by atoms with van der Waals surface area (Å²) in [4.78, 5) is 3.34. The van der Waals surface area contributed by atoms with Gasteiger partial charge in [-0.3, -0.25) is 0 Å². The molecule has 0 fully saturated rings. The number of fused-ring (bicyclic) bond motifs is 2. The summed E-state index contributed by atoms with van der Waals surface area (Å²) in [5.41, 5.74) is 2.61. The zero-order chi connectivity index (χ0) is 14.8. The molecule has 1 atom stereocenters. The molecule has 22 heavy (non-hydrogen) atoms. The van der Waals surface area contributed by atoms with E-state index in [0.717, 1.165) is 38.4 Å². The molecule has 0 aliphatic carbocycles. The van der Waals surface area contributed by atoms with Crippen LogP contribution in [0.3, 0.4) is 0 Å². The summed E-state index contributed by atoms with van der Waals surface area (Å²) in [7, 11) is 0. The highest BCUT2D eigenvalue weighted by atomic mass is 15.3. The SMILES string of the molecule is c1ccc2c(CCNCC3CNc4ccnn4C3)c[nH]c2c1. The molecular formula is C17H21N5. The molecule has 3 N–H and O–H groups in total. The molecule has 5 nitrogen and oxygen atoms in total. The number of aromatic amines is 1. The molecule has 3 heterocycles.